The second-order valence-electron chi connectivity index (χ2n) is 5.94. The topological polar surface area (TPSA) is 55.1 Å². The molecule has 106 valence electrons. The van der Waals surface area contributed by atoms with E-state index >= 15 is 0 Å². The molecule has 0 radical (unpaired) electrons. The molecule has 1 aliphatic rings. The highest BCUT2D eigenvalue weighted by atomic mass is 16.2. The third-order valence-electron chi connectivity index (χ3n) is 4.07. The minimum atomic E-state index is -0.587. The maximum Gasteiger partial charge on any atom is 0.240 e. The lowest BCUT2D eigenvalue weighted by Gasteiger charge is -2.33. The molecule has 1 aliphatic carbocycles. The van der Waals surface area contributed by atoms with E-state index in [9.17, 15) is 4.79 Å². The van der Waals surface area contributed by atoms with Crippen molar-refractivity contribution in [3.8, 4) is 0 Å². The Hall–Kier alpha value is -0.570. The number of rotatable bonds is 7. The van der Waals surface area contributed by atoms with Crippen LogP contribution in [0.15, 0.2) is 0 Å². The van der Waals surface area contributed by atoms with E-state index in [-0.39, 0.29) is 11.9 Å². The van der Waals surface area contributed by atoms with E-state index in [1.54, 1.807) is 0 Å². The van der Waals surface area contributed by atoms with E-state index in [1.165, 1.54) is 32.1 Å². The van der Waals surface area contributed by atoms with Gasteiger partial charge in [0.25, 0.3) is 0 Å². The predicted octanol–water partition coefficient (Wildman–Crippen LogP) is 3.12. The van der Waals surface area contributed by atoms with Crippen LogP contribution in [0.5, 0.6) is 0 Å². The van der Waals surface area contributed by atoms with E-state index < -0.39 is 5.54 Å². The van der Waals surface area contributed by atoms with Crippen LogP contribution in [-0.2, 0) is 4.79 Å². The van der Waals surface area contributed by atoms with Gasteiger partial charge in [-0.15, -0.1) is 0 Å². The zero-order valence-corrected chi connectivity index (χ0v) is 12.1. The van der Waals surface area contributed by atoms with Crippen LogP contribution in [-0.4, -0.2) is 17.5 Å². The van der Waals surface area contributed by atoms with E-state index in [1.807, 2.05) is 0 Å². The third-order valence-corrected chi connectivity index (χ3v) is 4.07. The zero-order valence-electron chi connectivity index (χ0n) is 12.1. The van der Waals surface area contributed by atoms with Gasteiger partial charge in [-0.25, -0.2) is 0 Å². The lowest BCUT2D eigenvalue weighted by atomic mass is 9.81. The van der Waals surface area contributed by atoms with Gasteiger partial charge in [0.05, 0.1) is 5.54 Å². The predicted molar refractivity (Wildman–Crippen MR) is 76.4 cm³/mol. The highest BCUT2D eigenvalue weighted by molar-refractivity contribution is 5.86. The standard InChI is InChI=1S/C15H30N2O/c1-3-4-5-7-10-13(2)17-14(18)15(16)11-8-6-9-12-15/h13H,3-12,16H2,1-2H3,(H,17,18). The van der Waals surface area contributed by atoms with Gasteiger partial charge in [0.1, 0.15) is 0 Å². The molecule has 3 nitrogen and oxygen atoms in total. The fraction of sp³-hybridized carbons (Fsp3) is 0.933. The highest BCUT2D eigenvalue weighted by Gasteiger charge is 2.35. The second-order valence-corrected chi connectivity index (χ2v) is 5.94. The van der Waals surface area contributed by atoms with Gasteiger partial charge in [-0.1, -0.05) is 51.9 Å². The number of hydrogen-bond donors (Lipinski definition) is 2. The minimum absolute atomic E-state index is 0.0743. The average Bonchev–Trinajstić information content (AvgIpc) is 2.35. The first-order valence-corrected chi connectivity index (χ1v) is 7.68. The van der Waals surface area contributed by atoms with E-state index in [0.717, 1.165) is 32.1 Å². The molecule has 3 N–H and O–H groups in total. The molecule has 1 rings (SSSR count). The van der Waals surface area contributed by atoms with Crippen molar-refractivity contribution in [2.75, 3.05) is 0 Å². The molecule has 0 heterocycles. The van der Waals surface area contributed by atoms with Crippen LogP contribution in [0.3, 0.4) is 0 Å². The number of nitrogens with two attached hydrogens (primary N) is 1. The monoisotopic (exact) mass is 254 g/mol. The van der Waals surface area contributed by atoms with Crippen molar-refractivity contribution < 1.29 is 4.79 Å². The normalized spacial score (nSPS) is 20.4. The molecule has 0 aromatic carbocycles. The van der Waals surface area contributed by atoms with Crippen LogP contribution in [0.1, 0.15) is 78.1 Å². The average molecular weight is 254 g/mol. The summed E-state index contributed by atoms with van der Waals surface area (Å²) >= 11 is 0. The Bertz CT molecular complexity index is 247. The number of amides is 1. The van der Waals surface area contributed by atoms with Gasteiger partial charge in [0.2, 0.25) is 5.91 Å². The van der Waals surface area contributed by atoms with Crippen LogP contribution < -0.4 is 11.1 Å². The van der Waals surface area contributed by atoms with E-state index in [2.05, 4.69) is 19.2 Å². The van der Waals surface area contributed by atoms with Gasteiger partial charge in [-0.2, -0.15) is 0 Å². The van der Waals surface area contributed by atoms with Crippen molar-refractivity contribution in [1.82, 2.24) is 5.32 Å². The number of unbranched alkanes of at least 4 members (excludes halogenated alkanes) is 3. The summed E-state index contributed by atoms with van der Waals surface area (Å²) in [7, 11) is 0. The molecule has 1 unspecified atom stereocenters. The first-order valence-electron chi connectivity index (χ1n) is 7.68. The molecule has 1 saturated carbocycles. The smallest absolute Gasteiger partial charge is 0.240 e. The Morgan fingerprint density at radius 3 is 2.50 bits per heavy atom. The van der Waals surface area contributed by atoms with Crippen molar-refractivity contribution in [3.63, 3.8) is 0 Å². The van der Waals surface area contributed by atoms with Gasteiger partial charge in [0, 0.05) is 6.04 Å². The summed E-state index contributed by atoms with van der Waals surface area (Å²) in [6.45, 7) is 4.31. The molecule has 0 saturated heterocycles. The Morgan fingerprint density at radius 1 is 1.22 bits per heavy atom. The summed E-state index contributed by atoms with van der Waals surface area (Å²) in [5.74, 6) is 0.0743. The SMILES string of the molecule is CCCCCCC(C)NC(=O)C1(N)CCCCC1. The number of nitrogens with one attached hydrogen (secondary N) is 1. The maximum absolute atomic E-state index is 12.2. The summed E-state index contributed by atoms with van der Waals surface area (Å²) in [6, 6.07) is 0.261. The summed E-state index contributed by atoms with van der Waals surface area (Å²) < 4.78 is 0. The number of hydrogen-bond acceptors (Lipinski definition) is 2. The van der Waals surface area contributed by atoms with Crippen molar-refractivity contribution in [2.24, 2.45) is 5.73 Å². The molecular formula is C15H30N2O. The molecule has 0 aromatic heterocycles. The molecule has 1 fully saturated rings. The molecule has 3 heteroatoms. The molecule has 0 aliphatic heterocycles. The Balaban J connectivity index is 2.25. The summed E-state index contributed by atoms with van der Waals surface area (Å²) in [6.07, 6.45) is 11.2. The molecular weight excluding hydrogens is 224 g/mol. The van der Waals surface area contributed by atoms with Crippen LogP contribution in [0.25, 0.3) is 0 Å². The van der Waals surface area contributed by atoms with E-state index in [4.69, 9.17) is 5.73 Å². The first kappa shape index (κ1) is 15.5. The molecule has 0 bridgehead atoms. The van der Waals surface area contributed by atoms with Crippen LogP contribution in [0.4, 0.5) is 0 Å². The van der Waals surface area contributed by atoms with Gasteiger partial charge < -0.3 is 11.1 Å². The lowest BCUT2D eigenvalue weighted by Crippen LogP contribution is -2.56. The molecule has 1 amide bonds. The van der Waals surface area contributed by atoms with Gasteiger partial charge in [-0.05, 0) is 26.2 Å². The van der Waals surface area contributed by atoms with Gasteiger partial charge >= 0.3 is 0 Å². The van der Waals surface area contributed by atoms with Gasteiger partial charge in [0.15, 0.2) is 0 Å². The maximum atomic E-state index is 12.2. The fourth-order valence-electron chi connectivity index (χ4n) is 2.73. The highest BCUT2D eigenvalue weighted by Crippen LogP contribution is 2.26. The third kappa shape index (κ3) is 4.97. The second kappa shape index (κ2) is 7.78. The van der Waals surface area contributed by atoms with Crippen LogP contribution >= 0.6 is 0 Å². The molecule has 0 aromatic rings. The van der Waals surface area contributed by atoms with E-state index in [0.29, 0.717) is 0 Å². The van der Waals surface area contributed by atoms with Crippen molar-refractivity contribution >= 4 is 5.91 Å². The quantitative estimate of drug-likeness (QED) is 0.686. The Kier molecular flexibility index (Phi) is 6.69. The van der Waals surface area contributed by atoms with Gasteiger partial charge in [-0.3, -0.25) is 4.79 Å². The summed E-state index contributed by atoms with van der Waals surface area (Å²) in [5, 5.41) is 3.10. The largest absolute Gasteiger partial charge is 0.352 e. The number of carbonyl (C=O) groups is 1. The molecule has 0 spiro atoms. The van der Waals surface area contributed by atoms with Crippen molar-refractivity contribution in [2.45, 2.75) is 89.6 Å². The first-order chi connectivity index (χ1) is 8.58. The Morgan fingerprint density at radius 2 is 1.89 bits per heavy atom. The summed E-state index contributed by atoms with van der Waals surface area (Å²) in [4.78, 5) is 12.2. The van der Waals surface area contributed by atoms with Crippen molar-refractivity contribution in [1.29, 1.82) is 0 Å². The Labute approximate surface area is 112 Å². The number of carbonyl (C=O) groups excluding carboxylic acids is 1. The summed E-state index contributed by atoms with van der Waals surface area (Å²) in [5.41, 5.74) is 5.63. The fourth-order valence-corrected chi connectivity index (χ4v) is 2.73. The lowest BCUT2D eigenvalue weighted by molar-refractivity contribution is -0.128. The molecule has 18 heavy (non-hydrogen) atoms. The minimum Gasteiger partial charge on any atom is -0.352 e. The van der Waals surface area contributed by atoms with Crippen molar-refractivity contribution in [3.05, 3.63) is 0 Å². The van der Waals surface area contributed by atoms with Crippen LogP contribution in [0, 0.1) is 0 Å². The zero-order chi connectivity index (χ0) is 13.4. The van der Waals surface area contributed by atoms with Crippen LogP contribution in [0.2, 0.25) is 0 Å². The molecule has 1 atom stereocenters.